The Morgan fingerprint density at radius 3 is 2.31 bits per heavy atom. The SMILES string of the molecule is COC(=O)[C@]12CCC(C)(C)C[C@H]1[C@H]1C(=O)C=C3[C@@]4(C)CCC(=O)[C@@](C)(CO)C4CC[C@@]3(C)[C@]1(C)CC2. The van der Waals surface area contributed by atoms with Gasteiger partial charge in [-0.15, -0.1) is 0 Å². The fraction of sp³-hybridized carbons (Fsp3) is 0.839. The molecular formula is C31H46O5. The van der Waals surface area contributed by atoms with E-state index in [-0.39, 0.29) is 63.6 Å². The molecule has 0 saturated heterocycles. The van der Waals surface area contributed by atoms with Gasteiger partial charge in [0.1, 0.15) is 5.78 Å². The zero-order valence-corrected chi connectivity index (χ0v) is 23.5. The fourth-order valence-corrected chi connectivity index (χ4v) is 10.4. The van der Waals surface area contributed by atoms with Gasteiger partial charge in [0.2, 0.25) is 0 Å². The summed E-state index contributed by atoms with van der Waals surface area (Å²) in [5, 5.41) is 10.4. The third-order valence-corrected chi connectivity index (χ3v) is 12.9. The molecule has 5 aliphatic carbocycles. The summed E-state index contributed by atoms with van der Waals surface area (Å²) in [5.41, 5.74) is -0.753. The van der Waals surface area contributed by atoms with E-state index in [1.807, 2.05) is 13.0 Å². The van der Waals surface area contributed by atoms with Gasteiger partial charge >= 0.3 is 5.97 Å². The van der Waals surface area contributed by atoms with Crippen LogP contribution in [0.2, 0.25) is 0 Å². The Labute approximate surface area is 216 Å². The predicted octanol–water partition coefficient (Wildman–Crippen LogP) is 5.68. The molecule has 36 heavy (non-hydrogen) atoms. The van der Waals surface area contributed by atoms with Crippen LogP contribution in [-0.4, -0.2) is 36.4 Å². The molecule has 0 spiro atoms. The van der Waals surface area contributed by atoms with Crippen LogP contribution in [0.15, 0.2) is 11.6 Å². The molecule has 0 aromatic rings. The molecule has 0 bridgehead atoms. The van der Waals surface area contributed by atoms with Crippen molar-refractivity contribution in [3.8, 4) is 0 Å². The fourth-order valence-electron chi connectivity index (χ4n) is 10.4. The van der Waals surface area contributed by atoms with Gasteiger partial charge in [-0.1, -0.05) is 47.1 Å². The van der Waals surface area contributed by atoms with Gasteiger partial charge in [0.15, 0.2) is 5.78 Å². The van der Waals surface area contributed by atoms with Crippen molar-refractivity contribution in [3.05, 3.63) is 11.6 Å². The van der Waals surface area contributed by atoms with Gasteiger partial charge in [0.25, 0.3) is 0 Å². The van der Waals surface area contributed by atoms with Crippen LogP contribution in [0.5, 0.6) is 0 Å². The number of rotatable bonds is 2. The average Bonchev–Trinajstić information content (AvgIpc) is 2.82. The van der Waals surface area contributed by atoms with E-state index in [1.165, 1.54) is 12.7 Å². The van der Waals surface area contributed by atoms with Gasteiger partial charge in [-0.25, -0.2) is 0 Å². The Bertz CT molecular complexity index is 1040. The van der Waals surface area contributed by atoms with Crippen LogP contribution in [0.25, 0.3) is 0 Å². The molecule has 5 aliphatic rings. The molecule has 0 aromatic heterocycles. The second-order valence-electron chi connectivity index (χ2n) is 14.8. The molecular weight excluding hydrogens is 452 g/mol. The number of ether oxygens (including phenoxy) is 1. The number of ketones is 2. The quantitative estimate of drug-likeness (QED) is 0.495. The molecule has 5 heteroatoms. The Hall–Kier alpha value is -1.49. The summed E-state index contributed by atoms with van der Waals surface area (Å²) in [5.74, 6) is 0.0230. The molecule has 4 saturated carbocycles. The maximum Gasteiger partial charge on any atom is 0.312 e. The largest absolute Gasteiger partial charge is 0.469 e. The standard InChI is InChI=1S/C31H46O5/c1-26(2)12-14-31(25(35)36-7)15-13-30(6)24(19(31)17-26)20(33)16-22-27(3)10-9-23(34)28(4,18-32)21(27)8-11-29(22,30)5/h16,19,21,24,32H,8-15,17-18H2,1-7H3/t19-,21?,24-,27-,28-,29+,30+,31-/m0/s1. The van der Waals surface area contributed by atoms with E-state index in [1.54, 1.807) is 0 Å². The van der Waals surface area contributed by atoms with E-state index in [9.17, 15) is 19.5 Å². The van der Waals surface area contributed by atoms with E-state index in [0.717, 1.165) is 51.4 Å². The maximum absolute atomic E-state index is 14.3. The Balaban J connectivity index is 1.65. The second kappa shape index (κ2) is 7.77. The number of Topliss-reactive ketones (excluding diaryl/α,β-unsaturated/α-hetero) is 1. The number of carbonyl (C=O) groups excluding carboxylic acids is 3. The molecule has 1 N–H and O–H groups in total. The third-order valence-electron chi connectivity index (χ3n) is 12.9. The molecule has 1 unspecified atom stereocenters. The Morgan fingerprint density at radius 2 is 1.67 bits per heavy atom. The summed E-state index contributed by atoms with van der Waals surface area (Å²) >= 11 is 0. The monoisotopic (exact) mass is 498 g/mol. The molecule has 8 atom stereocenters. The summed E-state index contributed by atoms with van der Waals surface area (Å²) in [6.07, 6.45) is 9.18. The van der Waals surface area contributed by atoms with Crippen molar-refractivity contribution in [1.29, 1.82) is 0 Å². The minimum Gasteiger partial charge on any atom is -0.469 e. The lowest BCUT2D eigenvalue weighted by Crippen LogP contribution is -2.66. The Kier molecular flexibility index (Phi) is 5.64. The van der Waals surface area contributed by atoms with Gasteiger partial charge in [0, 0.05) is 12.3 Å². The van der Waals surface area contributed by atoms with Crippen LogP contribution in [0.4, 0.5) is 0 Å². The second-order valence-corrected chi connectivity index (χ2v) is 14.8. The average molecular weight is 499 g/mol. The highest BCUT2D eigenvalue weighted by atomic mass is 16.5. The molecule has 0 radical (unpaired) electrons. The molecule has 5 rings (SSSR count). The number of esters is 1. The summed E-state index contributed by atoms with van der Waals surface area (Å²) in [6, 6.07) is 0. The lowest BCUT2D eigenvalue weighted by atomic mass is 9.34. The lowest BCUT2D eigenvalue weighted by Gasteiger charge is -2.69. The number of fused-ring (bicyclic) bond motifs is 7. The van der Waals surface area contributed by atoms with E-state index >= 15 is 0 Å². The van der Waals surface area contributed by atoms with Gasteiger partial charge in [-0.2, -0.15) is 0 Å². The highest BCUT2D eigenvalue weighted by molar-refractivity contribution is 5.96. The van der Waals surface area contributed by atoms with Gasteiger partial charge in [0.05, 0.1) is 24.5 Å². The molecule has 0 heterocycles. The number of aliphatic hydroxyl groups is 1. The first-order valence-electron chi connectivity index (χ1n) is 14.1. The van der Waals surface area contributed by atoms with Crippen molar-refractivity contribution in [2.24, 2.45) is 50.2 Å². The van der Waals surface area contributed by atoms with E-state index < -0.39 is 10.8 Å². The van der Waals surface area contributed by atoms with E-state index in [0.29, 0.717) is 6.42 Å². The zero-order chi connectivity index (χ0) is 26.5. The number of aliphatic hydroxyl groups excluding tert-OH is 1. The smallest absolute Gasteiger partial charge is 0.312 e. The van der Waals surface area contributed by atoms with Gasteiger partial charge in [-0.05, 0) is 90.9 Å². The molecule has 200 valence electrons. The normalized spacial score (nSPS) is 49.7. The van der Waals surface area contributed by atoms with Crippen LogP contribution in [0, 0.1) is 50.2 Å². The summed E-state index contributed by atoms with van der Waals surface area (Å²) in [7, 11) is 1.49. The molecule has 0 aromatic carbocycles. The predicted molar refractivity (Wildman–Crippen MR) is 138 cm³/mol. The molecule has 5 nitrogen and oxygen atoms in total. The van der Waals surface area contributed by atoms with Crippen LogP contribution in [0.3, 0.4) is 0 Å². The molecule has 0 amide bonds. The van der Waals surface area contributed by atoms with Crippen LogP contribution in [0.1, 0.15) is 99.3 Å². The van der Waals surface area contributed by atoms with Crippen molar-refractivity contribution in [2.75, 3.05) is 13.7 Å². The van der Waals surface area contributed by atoms with Crippen LogP contribution in [-0.2, 0) is 19.1 Å². The summed E-state index contributed by atoms with van der Waals surface area (Å²) < 4.78 is 5.41. The van der Waals surface area contributed by atoms with Gasteiger partial charge in [-0.3, -0.25) is 14.4 Å². The molecule has 4 fully saturated rings. The van der Waals surface area contributed by atoms with Crippen LogP contribution < -0.4 is 0 Å². The minimum atomic E-state index is -0.754. The first kappa shape index (κ1) is 26.1. The van der Waals surface area contributed by atoms with Crippen LogP contribution >= 0.6 is 0 Å². The zero-order valence-electron chi connectivity index (χ0n) is 23.5. The highest BCUT2D eigenvalue weighted by Crippen LogP contribution is 2.75. The number of methoxy groups -OCH3 is 1. The Morgan fingerprint density at radius 1 is 1.00 bits per heavy atom. The van der Waals surface area contributed by atoms with E-state index in [2.05, 4.69) is 34.6 Å². The van der Waals surface area contributed by atoms with Crippen molar-refractivity contribution in [1.82, 2.24) is 0 Å². The lowest BCUT2D eigenvalue weighted by molar-refractivity contribution is -0.193. The number of allylic oxidation sites excluding steroid dienone is 2. The van der Waals surface area contributed by atoms with Crippen molar-refractivity contribution in [2.45, 2.75) is 99.3 Å². The van der Waals surface area contributed by atoms with Gasteiger partial charge < -0.3 is 9.84 Å². The van der Waals surface area contributed by atoms with Crippen molar-refractivity contribution >= 4 is 17.5 Å². The maximum atomic E-state index is 14.3. The minimum absolute atomic E-state index is 0.0178. The van der Waals surface area contributed by atoms with Crippen molar-refractivity contribution < 1.29 is 24.2 Å². The van der Waals surface area contributed by atoms with Crippen molar-refractivity contribution in [3.63, 3.8) is 0 Å². The summed E-state index contributed by atoms with van der Waals surface area (Å²) in [4.78, 5) is 40.7. The first-order chi connectivity index (χ1) is 16.7. The van der Waals surface area contributed by atoms with E-state index in [4.69, 9.17) is 4.74 Å². The highest BCUT2D eigenvalue weighted by Gasteiger charge is 2.71. The molecule has 0 aliphatic heterocycles. The third kappa shape index (κ3) is 3.01. The number of carbonyl (C=O) groups is 3. The number of hydrogen-bond donors (Lipinski definition) is 1. The summed E-state index contributed by atoms with van der Waals surface area (Å²) in [6.45, 7) is 13.3. The first-order valence-corrected chi connectivity index (χ1v) is 14.1. The number of hydrogen-bond acceptors (Lipinski definition) is 5. The topological polar surface area (TPSA) is 80.7 Å².